The Morgan fingerprint density at radius 3 is 2.69 bits per heavy atom. The number of ketones is 3. The van der Waals surface area contributed by atoms with Gasteiger partial charge in [-0.05, 0) is 42.4 Å². The molecule has 0 spiro atoms. The molecule has 26 heavy (non-hydrogen) atoms. The highest BCUT2D eigenvalue weighted by molar-refractivity contribution is 6.02. The zero-order valence-electron chi connectivity index (χ0n) is 15.1. The van der Waals surface area contributed by atoms with Crippen LogP contribution in [-0.4, -0.2) is 39.8 Å². The summed E-state index contributed by atoms with van der Waals surface area (Å²) in [6.45, 7) is 3.09. The van der Waals surface area contributed by atoms with Gasteiger partial charge in [-0.15, -0.1) is 0 Å². The Kier molecular flexibility index (Phi) is 3.60. The summed E-state index contributed by atoms with van der Waals surface area (Å²) in [5, 5.41) is 20.4. The van der Waals surface area contributed by atoms with Crippen LogP contribution in [0.2, 0.25) is 0 Å². The molecule has 4 aliphatic rings. The summed E-state index contributed by atoms with van der Waals surface area (Å²) in [4.78, 5) is 37.3. The van der Waals surface area contributed by atoms with Crippen molar-refractivity contribution in [3.63, 3.8) is 0 Å². The first-order chi connectivity index (χ1) is 12.2. The van der Waals surface area contributed by atoms with Gasteiger partial charge in [0.1, 0.15) is 18.0 Å². The minimum Gasteiger partial charge on any atom is -0.388 e. The zero-order chi connectivity index (χ0) is 18.9. The Hall–Kier alpha value is -1.85. The van der Waals surface area contributed by atoms with E-state index in [-0.39, 0.29) is 42.2 Å². The highest BCUT2D eigenvalue weighted by Gasteiger charge is 2.67. The van der Waals surface area contributed by atoms with Crippen molar-refractivity contribution < 1.29 is 24.6 Å². The number of carbonyl (C=O) groups excluding carboxylic acids is 3. The van der Waals surface area contributed by atoms with Gasteiger partial charge >= 0.3 is 0 Å². The minimum atomic E-state index is -1.66. The fraction of sp³-hybridized carbons (Fsp3) is 0.571. The number of carbonyl (C=O) groups is 3. The van der Waals surface area contributed by atoms with E-state index in [1.807, 2.05) is 32.1 Å². The Morgan fingerprint density at radius 2 is 2.00 bits per heavy atom. The molecular weight excluding hydrogens is 332 g/mol. The van der Waals surface area contributed by atoms with Crippen LogP contribution in [0.4, 0.5) is 0 Å². The van der Waals surface area contributed by atoms with E-state index in [0.29, 0.717) is 6.42 Å². The molecule has 0 aliphatic heterocycles. The maximum atomic E-state index is 13.3. The third-order valence-corrected chi connectivity index (χ3v) is 7.58. The second-order valence-corrected chi connectivity index (χ2v) is 8.68. The lowest BCUT2D eigenvalue weighted by molar-refractivity contribution is -0.165. The van der Waals surface area contributed by atoms with Crippen molar-refractivity contribution >= 4 is 17.3 Å². The van der Waals surface area contributed by atoms with E-state index >= 15 is 0 Å². The predicted octanol–water partition coefficient (Wildman–Crippen LogP) is 1.54. The van der Waals surface area contributed by atoms with Crippen molar-refractivity contribution in [1.82, 2.24) is 0 Å². The van der Waals surface area contributed by atoms with E-state index in [2.05, 4.69) is 0 Å². The molecular formula is C21H24O5. The lowest BCUT2D eigenvalue weighted by Gasteiger charge is -2.54. The molecule has 0 aromatic heterocycles. The van der Waals surface area contributed by atoms with Crippen molar-refractivity contribution in [1.29, 1.82) is 0 Å². The molecule has 6 atom stereocenters. The SMILES string of the molecule is C[C@]12C=CC(=O)C=C1C=C[C@@H]1[C@@H]2C(=O)C[C@@]2(C)[C@H]1CC[C@]2(O)C(=O)CO. The van der Waals surface area contributed by atoms with Gasteiger partial charge in [-0.25, -0.2) is 0 Å². The second kappa shape index (κ2) is 5.33. The van der Waals surface area contributed by atoms with Crippen LogP contribution in [0.25, 0.3) is 0 Å². The second-order valence-electron chi connectivity index (χ2n) is 8.68. The van der Waals surface area contributed by atoms with Crippen LogP contribution >= 0.6 is 0 Å². The number of Topliss-reactive ketones (excluding diaryl/α,β-unsaturated/α-hetero) is 2. The maximum Gasteiger partial charge on any atom is 0.190 e. The number of fused-ring (bicyclic) bond motifs is 5. The summed E-state index contributed by atoms with van der Waals surface area (Å²) in [5.41, 5.74) is -2.21. The lowest BCUT2D eigenvalue weighted by atomic mass is 9.48. The Labute approximate surface area is 152 Å². The standard InChI is InChI=1S/C21H24O5/c1-19-7-5-13(23)9-12(19)3-4-14-15-6-8-21(26,17(25)11-22)20(15,2)10-16(24)18(14)19/h3-5,7,9,14-15,18,22,26H,6,8,10-11H2,1-2H3/t14-,15-,18+,19-,20-,21-/m0/s1. The molecule has 2 saturated carbocycles. The van der Waals surface area contributed by atoms with Gasteiger partial charge in [0, 0.05) is 23.2 Å². The highest BCUT2D eigenvalue weighted by Crippen LogP contribution is 2.64. The molecule has 5 heteroatoms. The van der Waals surface area contributed by atoms with E-state index < -0.39 is 28.8 Å². The molecule has 2 N–H and O–H groups in total. The van der Waals surface area contributed by atoms with Gasteiger partial charge < -0.3 is 10.2 Å². The minimum absolute atomic E-state index is 0.0107. The average Bonchev–Trinajstić information content (AvgIpc) is 2.86. The van der Waals surface area contributed by atoms with Gasteiger partial charge in [-0.2, -0.15) is 0 Å². The van der Waals surface area contributed by atoms with E-state index in [0.717, 1.165) is 5.57 Å². The summed E-state index contributed by atoms with van der Waals surface area (Å²) in [6, 6.07) is 0. The van der Waals surface area contributed by atoms with Crippen LogP contribution < -0.4 is 0 Å². The largest absolute Gasteiger partial charge is 0.388 e. The molecule has 0 heterocycles. The topological polar surface area (TPSA) is 91.7 Å². The molecule has 0 unspecified atom stereocenters. The van der Waals surface area contributed by atoms with Crippen molar-refractivity contribution in [2.45, 2.75) is 38.7 Å². The monoisotopic (exact) mass is 356 g/mol. The van der Waals surface area contributed by atoms with Crippen LogP contribution in [-0.2, 0) is 14.4 Å². The molecule has 0 saturated heterocycles. The van der Waals surface area contributed by atoms with Gasteiger partial charge in [0.2, 0.25) is 0 Å². The van der Waals surface area contributed by atoms with Gasteiger partial charge in [0.05, 0.1) is 0 Å². The number of hydrogen-bond acceptors (Lipinski definition) is 5. The Balaban J connectivity index is 1.81. The number of allylic oxidation sites excluding steroid dienone is 6. The van der Waals surface area contributed by atoms with Crippen LogP contribution in [0.15, 0.2) is 36.0 Å². The molecule has 138 valence electrons. The lowest BCUT2D eigenvalue weighted by Crippen LogP contribution is -2.60. The molecule has 0 bridgehead atoms. The Morgan fingerprint density at radius 1 is 1.27 bits per heavy atom. The average molecular weight is 356 g/mol. The van der Waals surface area contributed by atoms with Crippen LogP contribution in [0.5, 0.6) is 0 Å². The molecule has 0 amide bonds. The fourth-order valence-electron chi connectivity index (χ4n) is 6.09. The summed E-state index contributed by atoms with van der Waals surface area (Å²) in [7, 11) is 0. The molecule has 2 fully saturated rings. The first-order valence-electron chi connectivity index (χ1n) is 9.20. The molecule has 5 nitrogen and oxygen atoms in total. The van der Waals surface area contributed by atoms with Gasteiger partial charge in [-0.3, -0.25) is 14.4 Å². The number of hydrogen-bond donors (Lipinski definition) is 2. The number of rotatable bonds is 2. The zero-order valence-corrected chi connectivity index (χ0v) is 15.1. The Bertz CT molecular complexity index is 805. The smallest absolute Gasteiger partial charge is 0.190 e. The first kappa shape index (κ1) is 17.6. The summed E-state index contributed by atoms with van der Waals surface area (Å²) >= 11 is 0. The van der Waals surface area contributed by atoms with Crippen molar-refractivity contribution in [2.24, 2.45) is 28.6 Å². The van der Waals surface area contributed by atoms with E-state index in [9.17, 15) is 24.6 Å². The van der Waals surface area contributed by atoms with Crippen LogP contribution in [0, 0.1) is 28.6 Å². The molecule has 4 aliphatic carbocycles. The van der Waals surface area contributed by atoms with Gasteiger partial charge in [0.25, 0.3) is 0 Å². The summed E-state index contributed by atoms with van der Waals surface area (Å²) in [5.74, 6) is -1.07. The van der Waals surface area contributed by atoms with Crippen LogP contribution in [0.1, 0.15) is 33.1 Å². The molecule has 0 aromatic carbocycles. The quantitative estimate of drug-likeness (QED) is 0.783. The van der Waals surface area contributed by atoms with E-state index in [1.165, 1.54) is 6.08 Å². The summed E-state index contributed by atoms with van der Waals surface area (Å²) < 4.78 is 0. The number of aliphatic hydroxyl groups excluding tert-OH is 1. The maximum absolute atomic E-state index is 13.3. The molecule has 0 radical (unpaired) electrons. The molecule has 4 rings (SSSR count). The van der Waals surface area contributed by atoms with Crippen molar-refractivity contribution in [3.05, 3.63) is 36.0 Å². The highest BCUT2D eigenvalue weighted by atomic mass is 16.3. The fourth-order valence-corrected chi connectivity index (χ4v) is 6.09. The van der Waals surface area contributed by atoms with E-state index in [1.54, 1.807) is 6.08 Å². The van der Waals surface area contributed by atoms with Gasteiger partial charge in [-0.1, -0.05) is 32.1 Å². The van der Waals surface area contributed by atoms with Crippen molar-refractivity contribution in [2.75, 3.05) is 6.61 Å². The molecule has 0 aromatic rings. The normalized spacial score (nSPS) is 46.5. The van der Waals surface area contributed by atoms with E-state index in [4.69, 9.17) is 0 Å². The third-order valence-electron chi connectivity index (χ3n) is 7.58. The van der Waals surface area contributed by atoms with Crippen molar-refractivity contribution in [3.8, 4) is 0 Å². The number of aliphatic hydroxyl groups is 2. The first-order valence-corrected chi connectivity index (χ1v) is 9.20. The predicted molar refractivity (Wildman–Crippen MR) is 94.0 cm³/mol. The third kappa shape index (κ3) is 1.96. The van der Waals surface area contributed by atoms with Crippen LogP contribution in [0.3, 0.4) is 0 Å². The summed E-state index contributed by atoms with van der Waals surface area (Å²) in [6.07, 6.45) is 9.88. The van der Waals surface area contributed by atoms with Gasteiger partial charge in [0.15, 0.2) is 11.6 Å².